The molecule has 1 N–H and O–H groups in total. The van der Waals surface area contributed by atoms with E-state index in [-0.39, 0.29) is 0 Å². The third-order valence-corrected chi connectivity index (χ3v) is 15.6. The Hall–Kier alpha value is 1.30. The zero-order chi connectivity index (χ0) is 13.3. The van der Waals surface area contributed by atoms with Crippen molar-refractivity contribution in [2.75, 3.05) is 0 Å². The van der Waals surface area contributed by atoms with Gasteiger partial charge in [-0.3, -0.25) is 0 Å². The van der Waals surface area contributed by atoms with Gasteiger partial charge in [0.2, 0.25) is 0 Å². The Bertz CT molecular complexity index is 288. The zero-order valence-electron chi connectivity index (χ0n) is 12.6. The normalized spacial score (nSPS) is 22.6. The van der Waals surface area contributed by atoms with Crippen molar-refractivity contribution in [1.82, 2.24) is 0 Å². The van der Waals surface area contributed by atoms with Gasteiger partial charge < -0.3 is 0 Å². The summed E-state index contributed by atoms with van der Waals surface area (Å²) in [4.78, 5) is 14.8. The molecule has 3 heteroatoms. The van der Waals surface area contributed by atoms with Crippen LogP contribution >= 0.6 is 0 Å². The maximum absolute atomic E-state index is 11.0. The molecule has 0 aromatic carbocycles. The van der Waals surface area contributed by atoms with E-state index in [1.807, 2.05) is 0 Å². The minimum atomic E-state index is -2.16. The van der Waals surface area contributed by atoms with Crippen molar-refractivity contribution in [2.24, 2.45) is 0 Å². The molecule has 0 amide bonds. The molecule has 0 saturated heterocycles. The molecule has 1 nitrogen and oxygen atoms in total. The van der Waals surface area contributed by atoms with Crippen LogP contribution in [0.1, 0.15) is 32.1 Å². The Kier molecular flexibility index (Phi) is 5.52. The second kappa shape index (κ2) is 5.74. The summed E-state index contributed by atoms with van der Waals surface area (Å²) in [6.45, 7) is 0. The first-order chi connectivity index (χ1) is 7.55. The van der Waals surface area contributed by atoms with Gasteiger partial charge in [0, 0.05) is 0 Å². The predicted molar refractivity (Wildman–Crippen MR) is 82.8 cm³/mol. The van der Waals surface area contributed by atoms with Crippen LogP contribution < -0.4 is 0 Å². The molecule has 17 heavy (non-hydrogen) atoms. The van der Waals surface area contributed by atoms with Crippen LogP contribution in [-0.4, -0.2) is 47.5 Å². The van der Waals surface area contributed by atoms with Crippen LogP contribution in [-0.2, 0) is 0 Å². The van der Waals surface area contributed by atoms with E-state index in [0.717, 1.165) is 12.8 Å². The second-order valence-electron chi connectivity index (χ2n) is 7.77. The van der Waals surface area contributed by atoms with Gasteiger partial charge in [0.1, 0.15) is 0 Å². The van der Waals surface area contributed by atoms with Gasteiger partial charge >= 0.3 is 117 Å². The van der Waals surface area contributed by atoms with Gasteiger partial charge in [-0.2, -0.15) is 0 Å². The van der Waals surface area contributed by atoms with Crippen LogP contribution in [0.4, 0.5) is 0 Å². The van der Waals surface area contributed by atoms with E-state index in [1.54, 1.807) is 3.59 Å². The van der Waals surface area contributed by atoms with Crippen LogP contribution in [0.3, 0.4) is 0 Å². The van der Waals surface area contributed by atoms with Gasteiger partial charge in [-0.15, -0.1) is 0 Å². The molecule has 1 rings (SSSR count). The molecule has 1 fully saturated rings. The Balaban J connectivity index is 3.11. The summed E-state index contributed by atoms with van der Waals surface area (Å²) in [7, 11) is 0. The monoisotopic (exact) mass is 454 g/mol. The molecular formula is C14H30OSn2. The fourth-order valence-electron chi connectivity index (χ4n) is 2.89. The molecule has 100 valence electrons. The first-order valence-corrected chi connectivity index (χ1v) is 27.2. The average molecular weight is 452 g/mol. The third kappa shape index (κ3) is 5.06. The van der Waals surface area contributed by atoms with Crippen molar-refractivity contribution in [3.63, 3.8) is 0 Å². The summed E-state index contributed by atoms with van der Waals surface area (Å²) >= 11 is -4.12. The number of hydrogen-bond donors (Lipinski definition) is 1. The molecule has 0 aromatic heterocycles. The Morgan fingerprint density at radius 2 is 1.41 bits per heavy atom. The summed E-state index contributed by atoms with van der Waals surface area (Å²) in [6.07, 6.45) is 5.79. The summed E-state index contributed by atoms with van der Waals surface area (Å²) in [5, 5.41) is 11.0. The van der Waals surface area contributed by atoms with E-state index in [0.29, 0.717) is 0 Å². The van der Waals surface area contributed by atoms with Crippen molar-refractivity contribution < 1.29 is 5.11 Å². The van der Waals surface area contributed by atoms with Gasteiger partial charge in [-0.1, -0.05) is 0 Å². The van der Waals surface area contributed by atoms with Gasteiger partial charge in [0.25, 0.3) is 0 Å². The van der Waals surface area contributed by atoms with Crippen LogP contribution in [0.25, 0.3) is 0 Å². The second-order valence-corrected chi connectivity index (χ2v) is 36.5. The van der Waals surface area contributed by atoms with Gasteiger partial charge in [-0.05, 0) is 0 Å². The van der Waals surface area contributed by atoms with E-state index in [2.05, 4.69) is 33.7 Å². The standard InChI is InChI=1S/C8H12O.6CH3.2Sn/c1-2-8(9)6-4-3-5-7-8;;;;;;;;/h1,9H,3-7H2;6*1H3;;. The van der Waals surface area contributed by atoms with Gasteiger partial charge in [-0.25, -0.2) is 0 Å². The number of rotatable bonds is 3. The molecule has 0 unspecified atom stereocenters. The third-order valence-electron chi connectivity index (χ3n) is 3.57. The van der Waals surface area contributed by atoms with Crippen molar-refractivity contribution in [1.29, 1.82) is 0 Å². The van der Waals surface area contributed by atoms with E-state index < -0.39 is 42.4 Å². The summed E-state index contributed by atoms with van der Waals surface area (Å²) in [5.41, 5.74) is -0.406. The molecule has 0 atom stereocenters. The van der Waals surface area contributed by atoms with E-state index >= 15 is 0 Å². The van der Waals surface area contributed by atoms with Gasteiger partial charge in [0.15, 0.2) is 0 Å². The zero-order valence-corrected chi connectivity index (χ0v) is 18.3. The van der Waals surface area contributed by atoms with Crippen LogP contribution in [0.5, 0.6) is 0 Å². The van der Waals surface area contributed by atoms with Crippen molar-refractivity contribution in [3.8, 4) is 0 Å². The maximum atomic E-state index is 11.0. The first-order valence-electron chi connectivity index (χ1n) is 7.01. The minimum absolute atomic E-state index is 0.406. The SMILES string of the molecule is [CH3][Sn]([CH3])([CH3])/[CH]=[C](/C1(O)CCCCC1)[Sn]([CH3])([CH3])[CH3]. The van der Waals surface area contributed by atoms with Crippen LogP contribution in [0.2, 0.25) is 29.6 Å². The molecule has 0 aromatic rings. The first kappa shape index (κ1) is 16.4. The van der Waals surface area contributed by atoms with E-state index in [4.69, 9.17) is 0 Å². The van der Waals surface area contributed by atoms with E-state index in [9.17, 15) is 5.11 Å². The number of hydrogen-bond acceptors (Lipinski definition) is 1. The van der Waals surface area contributed by atoms with Crippen molar-refractivity contribution in [2.45, 2.75) is 67.3 Å². The topological polar surface area (TPSA) is 20.2 Å². The molecule has 1 aliphatic rings. The molecule has 1 saturated carbocycles. The summed E-state index contributed by atoms with van der Waals surface area (Å²) in [6, 6.07) is 0. The fourth-order valence-corrected chi connectivity index (χ4v) is 28.6. The van der Waals surface area contributed by atoms with Gasteiger partial charge in [0.05, 0.1) is 0 Å². The molecule has 0 aliphatic heterocycles. The van der Waals surface area contributed by atoms with Crippen molar-refractivity contribution >= 4 is 36.8 Å². The van der Waals surface area contributed by atoms with E-state index in [1.165, 1.54) is 19.3 Å². The molecule has 0 bridgehead atoms. The number of aliphatic hydroxyl groups is 1. The Morgan fingerprint density at radius 3 is 1.76 bits per heavy atom. The Labute approximate surface area is 116 Å². The quantitative estimate of drug-likeness (QED) is 0.632. The van der Waals surface area contributed by atoms with Crippen LogP contribution in [0, 0.1) is 0 Å². The Morgan fingerprint density at radius 1 is 0.941 bits per heavy atom. The molecule has 1 aliphatic carbocycles. The summed E-state index contributed by atoms with van der Waals surface area (Å²) in [5.74, 6) is 0. The summed E-state index contributed by atoms with van der Waals surface area (Å²) < 4.78 is 4.16. The van der Waals surface area contributed by atoms with Crippen LogP contribution in [0.15, 0.2) is 7.68 Å². The molecular weight excluding hydrogens is 422 g/mol. The molecule has 0 heterocycles. The predicted octanol–water partition coefficient (Wildman–Crippen LogP) is 4.36. The van der Waals surface area contributed by atoms with Crippen molar-refractivity contribution in [3.05, 3.63) is 7.68 Å². The molecule has 0 spiro atoms. The fraction of sp³-hybridized carbons (Fsp3) is 0.857. The average Bonchev–Trinajstić information content (AvgIpc) is 2.12. The molecule has 0 radical (unpaired) electrons.